The molecule has 0 saturated carbocycles. The molecule has 0 heterocycles. The zero-order valence-electron chi connectivity index (χ0n) is 9.24. The Bertz CT molecular complexity index is 348. The summed E-state index contributed by atoms with van der Waals surface area (Å²) in [6, 6.07) is 6.35. The maximum atomic E-state index is 9.84. The summed E-state index contributed by atoms with van der Waals surface area (Å²) >= 11 is 0. The fourth-order valence-electron chi connectivity index (χ4n) is 2.39. The van der Waals surface area contributed by atoms with Gasteiger partial charge in [0.1, 0.15) is 0 Å². The smallest absolute Gasteiger partial charge is 0.0802 e. The van der Waals surface area contributed by atoms with Gasteiger partial charge in [-0.2, -0.15) is 0 Å². The summed E-state index contributed by atoms with van der Waals surface area (Å²) in [4.78, 5) is 0. The summed E-state index contributed by atoms with van der Waals surface area (Å²) in [5, 5.41) is 9.84. The van der Waals surface area contributed by atoms with Gasteiger partial charge < -0.3 is 10.8 Å². The monoisotopic (exact) mass is 205 g/mol. The van der Waals surface area contributed by atoms with Crippen molar-refractivity contribution < 1.29 is 5.11 Å². The van der Waals surface area contributed by atoms with Crippen molar-refractivity contribution in [2.24, 2.45) is 11.7 Å². The SMILES string of the molecule is CC1Cc2ccc(C(O)CCN)cc2C1. The summed E-state index contributed by atoms with van der Waals surface area (Å²) in [6.07, 6.45) is 2.59. The van der Waals surface area contributed by atoms with E-state index in [2.05, 4.69) is 19.1 Å². The van der Waals surface area contributed by atoms with E-state index in [1.807, 2.05) is 6.07 Å². The van der Waals surface area contributed by atoms with Gasteiger partial charge in [0, 0.05) is 0 Å². The van der Waals surface area contributed by atoms with Crippen molar-refractivity contribution in [1.82, 2.24) is 0 Å². The number of nitrogens with two attached hydrogens (primary N) is 1. The molecule has 15 heavy (non-hydrogen) atoms. The molecule has 2 unspecified atom stereocenters. The third-order valence-electron chi connectivity index (χ3n) is 3.19. The van der Waals surface area contributed by atoms with E-state index in [1.54, 1.807) is 0 Å². The molecule has 1 aromatic rings. The number of fused-ring (bicyclic) bond motifs is 1. The Morgan fingerprint density at radius 1 is 1.40 bits per heavy atom. The second-order valence-corrected chi connectivity index (χ2v) is 4.63. The second kappa shape index (κ2) is 4.33. The maximum absolute atomic E-state index is 9.84. The lowest BCUT2D eigenvalue weighted by Crippen LogP contribution is -2.07. The Kier molecular flexibility index (Phi) is 3.08. The lowest BCUT2D eigenvalue weighted by atomic mass is 10.0. The molecule has 2 heteroatoms. The molecule has 0 aliphatic heterocycles. The van der Waals surface area contributed by atoms with Crippen molar-refractivity contribution in [1.29, 1.82) is 0 Å². The third kappa shape index (κ3) is 2.21. The van der Waals surface area contributed by atoms with E-state index in [0.29, 0.717) is 13.0 Å². The Labute approximate surface area is 91.1 Å². The van der Waals surface area contributed by atoms with Gasteiger partial charge in [-0.1, -0.05) is 25.1 Å². The Balaban J connectivity index is 2.19. The van der Waals surface area contributed by atoms with Crippen molar-refractivity contribution in [2.75, 3.05) is 6.54 Å². The highest BCUT2D eigenvalue weighted by Gasteiger charge is 2.18. The van der Waals surface area contributed by atoms with Crippen molar-refractivity contribution in [3.63, 3.8) is 0 Å². The van der Waals surface area contributed by atoms with E-state index in [4.69, 9.17) is 5.73 Å². The standard InChI is InChI=1S/C13H19NO/c1-9-6-10-2-3-11(8-12(10)7-9)13(15)4-5-14/h2-3,8-9,13,15H,4-7,14H2,1H3. The van der Waals surface area contributed by atoms with E-state index in [9.17, 15) is 5.11 Å². The summed E-state index contributed by atoms with van der Waals surface area (Å²) < 4.78 is 0. The highest BCUT2D eigenvalue weighted by molar-refractivity contribution is 5.36. The average Bonchev–Trinajstić information content (AvgIpc) is 2.57. The van der Waals surface area contributed by atoms with E-state index >= 15 is 0 Å². The predicted octanol–water partition coefficient (Wildman–Crippen LogP) is 1.80. The van der Waals surface area contributed by atoms with Crippen LogP contribution in [-0.4, -0.2) is 11.7 Å². The molecule has 0 bridgehead atoms. The first-order valence-corrected chi connectivity index (χ1v) is 5.70. The summed E-state index contributed by atoms with van der Waals surface area (Å²) in [5.41, 5.74) is 9.33. The van der Waals surface area contributed by atoms with Crippen LogP contribution in [0.1, 0.15) is 36.1 Å². The molecule has 0 amide bonds. The van der Waals surface area contributed by atoms with Gasteiger partial charge in [-0.3, -0.25) is 0 Å². The molecule has 0 aromatic heterocycles. The molecule has 1 aliphatic rings. The van der Waals surface area contributed by atoms with E-state index in [-0.39, 0.29) is 0 Å². The predicted molar refractivity (Wildman–Crippen MR) is 61.6 cm³/mol. The molecular formula is C13H19NO. The van der Waals surface area contributed by atoms with Crippen LogP contribution in [0.3, 0.4) is 0 Å². The fraction of sp³-hybridized carbons (Fsp3) is 0.538. The van der Waals surface area contributed by atoms with Gasteiger partial charge in [-0.15, -0.1) is 0 Å². The van der Waals surface area contributed by atoms with E-state index in [1.165, 1.54) is 17.5 Å². The van der Waals surface area contributed by atoms with Crippen molar-refractivity contribution in [3.8, 4) is 0 Å². The molecule has 3 N–H and O–H groups in total. The van der Waals surface area contributed by atoms with Crippen LogP contribution in [0.2, 0.25) is 0 Å². The molecule has 82 valence electrons. The molecule has 0 saturated heterocycles. The highest BCUT2D eigenvalue weighted by atomic mass is 16.3. The number of hydrogen-bond acceptors (Lipinski definition) is 2. The van der Waals surface area contributed by atoms with Crippen LogP contribution in [0.15, 0.2) is 18.2 Å². The molecule has 2 nitrogen and oxygen atoms in total. The minimum atomic E-state index is -0.392. The molecule has 2 atom stereocenters. The van der Waals surface area contributed by atoms with Crippen LogP contribution in [0.25, 0.3) is 0 Å². The minimum absolute atomic E-state index is 0.392. The van der Waals surface area contributed by atoms with Gasteiger partial charge in [0.25, 0.3) is 0 Å². The minimum Gasteiger partial charge on any atom is -0.388 e. The fourth-order valence-corrected chi connectivity index (χ4v) is 2.39. The van der Waals surface area contributed by atoms with Crippen LogP contribution in [0, 0.1) is 5.92 Å². The Morgan fingerprint density at radius 2 is 2.13 bits per heavy atom. The number of aliphatic hydroxyl groups is 1. The topological polar surface area (TPSA) is 46.2 Å². The highest BCUT2D eigenvalue weighted by Crippen LogP contribution is 2.29. The summed E-state index contributed by atoms with van der Waals surface area (Å²) in [6.45, 7) is 2.81. The first-order valence-electron chi connectivity index (χ1n) is 5.70. The average molecular weight is 205 g/mol. The van der Waals surface area contributed by atoms with E-state index < -0.39 is 6.10 Å². The Hall–Kier alpha value is -0.860. The van der Waals surface area contributed by atoms with Crippen molar-refractivity contribution >= 4 is 0 Å². The van der Waals surface area contributed by atoms with Gasteiger partial charge in [-0.25, -0.2) is 0 Å². The lowest BCUT2D eigenvalue weighted by Gasteiger charge is -2.11. The van der Waals surface area contributed by atoms with Gasteiger partial charge in [0.15, 0.2) is 0 Å². The first-order chi connectivity index (χ1) is 7.20. The van der Waals surface area contributed by atoms with Crippen LogP contribution in [0.5, 0.6) is 0 Å². The number of rotatable bonds is 3. The zero-order chi connectivity index (χ0) is 10.8. The van der Waals surface area contributed by atoms with E-state index in [0.717, 1.165) is 17.9 Å². The number of aliphatic hydroxyl groups excluding tert-OH is 1. The first kappa shape index (κ1) is 10.7. The third-order valence-corrected chi connectivity index (χ3v) is 3.19. The molecule has 0 fully saturated rings. The largest absolute Gasteiger partial charge is 0.388 e. The molecule has 1 aliphatic carbocycles. The molecule has 2 rings (SSSR count). The number of benzene rings is 1. The van der Waals surface area contributed by atoms with Crippen molar-refractivity contribution in [2.45, 2.75) is 32.3 Å². The zero-order valence-corrected chi connectivity index (χ0v) is 9.24. The van der Waals surface area contributed by atoms with Crippen molar-refractivity contribution in [3.05, 3.63) is 34.9 Å². The normalized spacial score (nSPS) is 21.4. The molecular weight excluding hydrogens is 186 g/mol. The Morgan fingerprint density at radius 3 is 2.87 bits per heavy atom. The molecule has 0 radical (unpaired) electrons. The molecule has 1 aromatic carbocycles. The summed E-state index contributed by atoms with van der Waals surface area (Å²) in [7, 11) is 0. The lowest BCUT2D eigenvalue weighted by molar-refractivity contribution is 0.170. The quantitative estimate of drug-likeness (QED) is 0.790. The molecule has 0 spiro atoms. The van der Waals surface area contributed by atoms with Crippen LogP contribution >= 0.6 is 0 Å². The van der Waals surface area contributed by atoms with Gasteiger partial charge in [-0.05, 0) is 48.4 Å². The summed E-state index contributed by atoms with van der Waals surface area (Å²) in [5.74, 6) is 0.752. The van der Waals surface area contributed by atoms with Crippen LogP contribution < -0.4 is 5.73 Å². The van der Waals surface area contributed by atoms with Gasteiger partial charge >= 0.3 is 0 Å². The van der Waals surface area contributed by atoms with Crippen LogP contribution in [-0.2, 0) is 12.8 Å². The van der Waals surface area contributed by atoms with Crippen LogP contribution in [0.4, 0.5) is 0 Å². The number of hydrogen-bond donors (Lipinski definition) is 2. The van der Waals surface area contributed by atoms with Gasteiger partial charge in [0.05, 0.1) is 6.10 Å². The second-order valence-electron chi connectivity index (χ2n) is 4.63. The maximum Gasteiger partial charge on any atom is 0.0802 e. The van der Waals surface area contributed by atoms with Gasteiger partial charge in [0.2, 0.25) is 0 Å².